The summed E-state index contributed by atoms with van der Waals surface area (Å²) in [7, 11) is 3.31. The molecule has 0 saturated carbocycles. The lowest BCUT2D eigenvalue weighted by Crippen LogP contribution is -2.28. The number of halogens is 1. The van der Waals surface area contributed by atoms with Crippen LogP contribution >= 0.6 is 0 Å². The topological polar surface area (TPSA) is 41.6 Å². The summed E-state index contributed by atoms with van der Waals surface area (Å²) in [6, 6.07) is 4.46. The summed E-state index contributed by atoms with van der Waals surface area (Å²) in [6.45, 7) is 4.85. The molecule has 1 aromatic carbocycles. The number of carbonyl (C=O) groups is 1. The highest BCUT2D eigenvalue weighted by atomic mass is 19.1. The normalized spacial score (nSPS) is 12.1. The molecular formula is C15H23FN2O2. The third-order valence-electron chi connectivity index (χ3n) is 2.99. The van der Waals surface area contributed by atoms with Crippen LogP contribution in [0.5, 0.6) is 5.75 Å². The highest BCUT2D eigenvalue weighted by Gasteiger charge is 2.14. The first kappa shape index (κ1) is 16.4. The Labute approximate surface area is 119 Å². The quantitative estimate of drug-likeness (QED) is 0.834. The second-order valence-corrected chi connectivity index (χ2v) is 4.93. The first-order valence-electron chi connectivity index (χ1n) is 6.81. The Bertz CT molecular complexity index is 449. The van der Waals surface area contributed by atoms with Gasteiger partial charge in [0, 0.05) is 31.8 Å². The lowest BCUT2D eigenvalue weighted by atomic mass is 10.1. The number of nitrogens with zero attached hydrogens (tertiary/aromatic N) is 1. The van der Waals surface area contributed by atoms with E-state index in [0.29, 0.717) is 5.75 Å². The van der Waals surface area contributed by atoms with E-state index < -0.39 is 0 Å². The molecule has 1 rings (SSSR count). The van der Waals surface area contributed by atoms with Gasteiger partial charge in [0.1, 0.15) is 11.6 Å². The lowest BCUT2D eigenvalue weighted by Gasteiger charge is -2.19. The number of rotatable bonds is 7. The minimum atomic E-state index is -0.372. The van der Waals surface area contributed by atoms with Crippen LogP contribution in [0.15, 0.2) is 18.2 Å². The molecule has 5 heteroatoms. The van der Waals surface area contributed by atoms with E-state index in [0.717, 1.165) is 18.5 Å². The predicted molar refractivity (Wildman–Crippen MR) is 77.3 cm³/mol. The maximum absolute atomic E-state index is 13.3. The number of hydrogen-bond donors (Lipinski definition) is 1. The summed E-state index contributed by atoms with van der Waals surface area (Å²) >= 11 is 0. The summed E-state index contributed by atoms with van der Waals surface area (Å²) in [5, 5.41) is 3.32. The maximum atomic E-state index is 13.3. The molecule has 1 atom stereocenters. The van der Waals surface area contributed by atoms with E-state index in [2.05, 4.69) is 12.2 Å². The standard InChI is InChI=1S/C15H23FN2O2/c1-5-8-17-11(2)13-7-6-12(16)9-14(13)20-10-15(19)18(3)4/h6-7,9,11,17H,5,8,10H2,1-4H3. The van der Waals surface area contributed by atoms with E-state index in [9.17, 15) is 9.18 Å². The highest BCUT2D eigenvalue weighted by Crippen LogP contribution is 2.26. The van der Waals surface area contributed by atoms with E-state index >= 15 is 0 Å². The van der Waals surface area contributed by atoms with Crippen molar-refractivity contribution in [1.29, 1.82) is 0 Å². The molecule has 1 N–H and O–H groups in total. The molecule has 0 aromatic heterocycles. The SMILES string of the molecule is CCCNC(C)c1ccc(F)cc1OCC(=O)N(C)C. The van der Waals surface area contributed by atoms with Gasteiger partial charge in [0.25, 0.3) is 5.91 Å². The van der Waals surface area contributed by atoms with Gasteiger partial charge in [-0.25, -0.2) is 4.39 Å². The van der Waals surface area contributed by atoms with Gasteiger partial charge in [-0.2, -0.15) is 0 Å². The van der Waals surface area contributed by atoms with E-state index in [1.807, 2.05) is 6.92 Å². The monoisotopic (exact) mass is 282 g/mol. The van der Waals surface area contributed by atoms with Crippen LogP contribution < -0.4 is 10.1 Å². The Morgan fingerprint density at radius 3 is 2.75 bits per heavy atom. The van der Waals surface area contributed by atoms with Crippen molar-refractivity contribution in [1.82, 2.24) is 10.2 Å². The molecule has 20 heavy (non-hydrogen) atoms. The van der Waals surface area contributed by atoms with Crippen LogP contribution in [0.1, 0.15) is 31.9 Å². The molecule has 0 aliphatic rings. The molecule has 0 aliphatic carbocycles. The van der Waals surface area contributed by atoms with E-state index in [-0.39, 0.29) is 24.4 Å². The summed E-state index contributed by atoms with van der Waals surface area (Å²) in [6.07, 6.45) is 1.01. The number of amides is 1. The molecule has 112 valence electrons. The number of ether oxygens (including phenoxy) is 1. The number of likely N-dealkylation sites (N-methyl/N-ethyl adjacent to an activating group) is 1. The molecule has 0 radical (unpaired) electrons. The van der Waals surface area contributed by atoms with Crippen molar-refractivity contribution in [3.05, 3.63) is 29.6 Å². The first-order chi connectivity index (χ1) is 9.45. The molecule has 1 aromatic rings. The Balaban J connectivity index is 2.82. The third-order valence-corrected chi connectivity index (χ3v) is 2.99. The second kappa shape index (κ2) is 7.85. The Hall–Kier alpha value is -1.62. The molecule has 1 amide bonds. The fourth-order valence-electron chi connectivity index (χ4n) is 1.73. The van der Waals surface area contributed by atoms with Crippen LogP contribution in [0.3, 0.4) is 0 Å². The molecule has 0 saturated heterocycles. The summed E-state index contributed by atoms with van der Waals surface area (Å²) in [5.74, 6) is -0.116. The van der Waals surface area contributed by atoms with Crippen molar-refractivity contribution < 1.29 is 13.9 Å². The molecule has 0 heterocycles. The van der Waals surface area contributed by atoms with Gasteiger partial charge in [-0.15, -0.1) is 0 Å². The van der Waals surface area contributed by atoms with Crippen molar-refractivity contribution in [2.75, 3.05) is 27.2 Å². The minimum Gasteiger partial charge on any atom is -0.483 e. The van der Waals surface area contributed by atoms with Gasteiger partial charge in [-0.1, -0.05) is 13.0 Å². The maximum Gasteiger partial charge on any atom is 0.259 e. The van der Waals surface area contributed by atoms with Crippen LogP contribution in [0.25, 0.3) is 0 Å². The fourth-order valence-corrected chi connectivity index (χ4v) is 1.73. The number of nitrogens with one attached hydrogen (secondary N) is 1. The Morgan fingerprint density at radius 2 is 2.15 bits per heavy atom. The highest BCUT2D eigenvalue weighted by molar-refractivity contribution is 5.77. The minimum absolute atomic E-state index is 0.0417. The van der Waals surface area contributed by atoms with E-state index in [1.54, 1.807) is 20.2 Å². The number of hydrogen-bond acceptors (Lipinski definition) is 3. The molecule has 0 aliphatic heterocycles. The smallest absolute Gasteiger partial charge is 0.259 e. The van der Waals surface area contributed by atoms with Crippen molar-refractivity contribution >= 4 is 5.91 Å². The third kappa shape index (κ3) is 4.81. The molecule has 0 fully saturated rings. The van der Waals surface area contributed by atoms with Crippen molar-refractivity contribution in [2.45, 2.75) is 26.3 Å². The van der Waals surface area contributed by atoms with Gasteiger partial charge in [-0.3, -0.25) is 4.79 Å². The van der Waals surface area contributed by atoms with Gasteiger partial charge in [0.15, 0.2) is 6.61 Å². The average Bonchev–Trinajstić information content (AvgIpc) is 2.42. The van der Waals surface area contributed by atoms with Crippen LogP contribution in [0.4, 0.5) is 4.39 Å². The first-order valence-corrected chi connectivity index (χ1v) is 6.81. The van der Waals surface area contributed by atoms with Gasteiger partial charge < -0.3 is 15.0 Å². The second-order valence-electron chi connectivity index (χ2n) is 4.93. The van der Waals surface area contributed by atoms with E-state index in [4.69, 9.17) is 4.74 Å². The van der Waals surface area contributed by atoms with Gasteiger partial charge in [0.05, 0.1) is 0 Å². The van der Waals surface area contributed by atoms with Crippen LogP contribution in [-0.4, -0.2) is 38.1 Å². The predicted octanol–water partition coefficient (Wildman–Crippen LogP) is 2.35. The lowest BCUT2D eigenvalue weighted by molar-refractivity contribution is -0.130. The zero-order valence-electron chi connectivity index (χ0n) is 12.6. The zero-order valence-corrected chi connectivity index (χ0v) is 12.6. The van der Waals surface area contributed by atoms with Crippen molar-refractivity contribution in [3.8, 4) is 5.75 Å². The number of benzene rings is 1. The van der Waals surface area contributed by atoms with Crippen LogP contribution in [-0.2, 0) is 4.79 Å². The van der Waals surface area contributed by atoms with Gasteiger partial charge in [0.2, 0.25) is 0 Å². The van der Waals surface area contributed by atoms with Crippen molar-refractivity contribution in [3.63, 3.8) is 0 Å². The Kier molecular flexibility index (Phi) is 6.45. The largest absolute Gasteiger partial charge is 0.483 e. The fraction of sp³-hybridized carbons (Fsp3) is 0.533. The molecule has 0 bridgehead atoms. The van der Waals surface area contributed by atoms with Crippen molar-refractivity contribution in [2.24, 2.45) is 0 Å². The average molecular weight is 282 g/mol. The van der Waals surface area contributed by atoms with E-state index in [1.165, 1.54) is 17.0 Å². The molecule has 1 unspecified atom stereocenters. The molecule has 0 spiro atoms. The van der Waals surface area contributed by atoms with Gasteiger partial charge in [-0.05, 0) is 26.0 Å². The molecular weight excluding hydrogens is 259 g/mol. The summed E-state index contributed by atoms with van der Waals surface area (Å²) < 4.78 is 18.8. The zero-order chi connectivity index (χ0) is 15.1. The van der Waals surface area contributed by atoms with Crippen LogP contribution in [0.2, 0.25) is 0 Å². The molecule has 4 nitrogen and oxygen atoms in total. The van der Waals surface area contributed by atoms with Gasteiger partial charge >= 0.3 is 0 Å². The van der Waals surface area contributed by atoms with Crippen LogP contribution in [0, 0.1) is 5.82 Å². The summed E-state index contributed by atoms with van der Waals surface area (Å²) in [4.78, 5) is 13.0. The number of carbonyl (C=O) groups excluding carboxylic acids is 1. The Morgan fingerprint density at radius 1 is 1.45 bits per heavy atom. The summed E-state index contributed by atoms with van der Waals surface area (Å²) in [5.41, 5.74) is 0.853.